The molecule has 2 heteroatoms. The molecule has 0 spiro atoms. The molecule has 1 atom stereocenters. The topological polar surface area (TPSA) is 34.1 Å². The highest BCUT2D eigenvalue weighted by Crippen LogP contribution is 2.16. The van der Waals surface area contributed by atoms with E-state index in [4.69, 9.17) is 0 Å². The highest BCUT2D eigenvalue weighted by Gasteiger charge is 2.16. The summed E-state index contributed by atoms with van der Waals surface area (Å²) in [5, 5.41) is 0. The lowest BCUT2D eigenvalue weighted by molar-refractivity contribution is -0.127. The molecule has 0 aliphatic rings. The quantitative estimate of drug-likeness (QED) is 0.144. The fourth-order valence-electron chi connectivity index (χ4n) is 3.24. The number of hydrogen-bond acceptors (Lipinski definition) is 2. The summed E-state index contributed by atoms with van der Waals surface area (Å²) in [5.41, 5.74) is 0. The first-order chi connectivity index (χ1) is 11.8. The Balaban J connectivity index is 3.54. The van der Waals surface area contributed by atoms with E-state index in [-0.39, 0.29) is 11.7 Å². The zero-order valence-corrected chi connectivity index (χ0v) is 16.5. The van der Waals surface area contributed by atoms with Gasteiger partial charge < -0.3 is 4.79 Å². The third-order valence-electron chi connectivity index (χ3n) is 4.97. The SMILES string of the molecule is CCCCCCCCCCC(C=O)C(=O)CCCCCCCCC. The first-order valence-corrected chi connectivity index (χ1v) is 10.7. The average Bonchev–Trinajstić information content (AvgIpc) is 2.59. The summed E-state index contributed by atoms with van der Waals surface area (Å²) < 4.78 is 0. The van der Waals surface area contributed by atoms with Gasteiger partial charge in [-0.25, -0.2) is 0 Å². The first-order valence-electron chi connectivity index (χ1n) is 10.7. The first kappa shape index (κ1) is 23.3. The van der Waals surface area contributed by atoms with Crippen LogP contribution in [0.3, 0.4) is 0 Å². The number of ketones is 1. The maximum atomic E-state index is 12.1. The van der Waals surface area contributed by atoms with Gasteiger partial charge in [0.05, 0.1) is 5.92 Å². The lowest BCUT2D eigenvalue weighted by Gasteiger charge is -2.09. The molecule has 0 radical (unpaired) electrons. The van der Waals surface area contributed by atoms with Crippen LogP contribution in [0.25, 0.3) is 0 Å². The Morgan fingerprint density at radius 3 is 1.54 bits per heavy atom. The van der Waals surface area contributed by atoms with Crippen molar-refractivity contribution in [1.29, 1.82) is 0 Å². The summed E-state index contributed by atoms with van der Waals surface area (Å²) in [4.78, 5) is 23.3. The van der Waals surface area contributed by atoms with Crippen molar-refractivity contribution in [3.63, 3.8) is 0 Å². The minimum Gasteiger partial charge on any atom is -0.303 e. The van der Waals surface area contributed by atoms with Crippen molar-refractivity contribution in [1.82, 2.24) is 0 Å². The fraction of sp³-hybridized carbons (Fsp3) is 0.909. The number of carbonyl (C=O) groups is 2. The molecule has 0 saturated heterocycles. The number of hydrogen-bond donors (Lipinski definition) is 0. The Bertz CT molecular complexity index is 286. The van der Waals surface area contributed by atoms with Gasteiger partial charge in [0, 0.05) is 6.42 Å². The molecule has 0 heterocycles. The molecule has 0 aromatic rings. The molecule has 0 N–H and O–H groups in total. The van der Waals surface area contributed by atoms with Crippen molar-refractivity contribution < 1.29 is 9.59 Å². The van der Waals surface area contributed by atoms with Gasteiger partial charge in [-0.2, -0.15) is 0 Å². The van der Waals surface area contributed by atoms with E-state index in [0.717, 1.165) is 32.0 Å². The number of aldehydes is 1. The van der Waals surface area contributed by atoms with E-state index in [1.807, 2.05) is 0 Å². The van der Waals surface area contributed by atoms with Crippen LogP contribution in [0.1, 0.15) is 123 Å². The second-order valence-corrected chi connectivity index (χ2v) is 7.34. The van der Waals surface area contributed by atoms with Crippen LogP contribution in [0.4, 0.5) is 0 Å². The molecule has 0 fully saturated rings. The van der Waals surface area contributed by atoms with E-state index >= 15 is 0 Å². The van der Waals surface area contributed by atoms with Gasteiger partial charge in [0.25, 0.3) is 0 Å². The van der Waals surface area contributed by atoms with Crippen molar-refractivity contribution in [2.45, 2.75) is 123 Å². The molecule has 0 aliphatic carbocycles. The largest absolute Gasteiger partial charge is 0.303 e. The van der Waals surface area contributed by atoms with Gasteiger partial charge in [0.2, 0.25) is 0 Å². The van der Waals surface area contributed by atoms with Gasteiger partial charge in [0.1, 0.15) is 12.1 Å². The van der Waals surface area contributed by atoms with Crippen molar-refractivity contribution >= 4 is 12.1 Å². The summed E-state index contributed by atoms with van der Waals surface area (Å²) in [6.07, 6.45) is 20.9. The Labute approximate surface area is 151 Å². The van der Waals surface area contributed by atoms with Crippen LogP contribution in [-0.2, 0) is 9.59 Å². The van der Waals surface area contributed by atoms with Gasteiger partial charge in [-0.05, 0) is 12.8 Å². The molecule has 0 aromatic heterocycles. The number of unbranched alkanes of at least 4 members (excludes halogenated alkanes) is 13. The minimum atomic E-state index is -0.329. The second kappa shape index (κ2) is 18.7. The van der Waals surface area contributed by atoms with Crippen LogP contribution in [0.15, 0.2) is 0 Å². The fourth-order valence-corrected chi connectivity index (χ4v) is 3.24. The van der Waals surface area contributed by atoms with Gasteiger partial charge in [-0.1, -0.05) is 104 Å². The molecule has 0 aromatic carbocycles. The highest BCUT2D eigenvalue weighted by molar-refractivity contribution is 5.93. The van der Waals surface area contributed by atoms with Crippen LogP contribution < -0.4 is 0 Å². The van der Waals surface area contributed by atoms with Gasteiger partial charge in [-0.3, -0.25) is 4.79 Å². The number of Topliss-reactive ketones (excluding diaryl/α,β-unsaturated/α-hetero) is 1. The van der Waals surface area contributed by atoms with Crippen LogP contribution >= 0.6 is 0 Å². The summed E-state index contributed by atoms with van der Waals surface area (Å²) in [5.74, 6) is -0.147. The van der Waals surface area contributed by atoms with Crippen molar-refractivity contribution in [3.05, 3.63) is 0 Å². The van der Waals surface area contributed by atoms with Crippen molar-refractivity contribution in [2.75, 3.05) is 0 Å². The van der Waals surface area contributed by atoms with E-state index in [1.54, 1.807) is 0 Å². The van der Waals surface area contributed by atoms with Crippen LogP contribution in [0, 0.1) is 5.92 Å². The standard InChI is InChI=1S/C22H42O2/c1-3-5-7-9-11-13-14-16-18-21(20-23)22(24)19-17-15-12-10-8-6-4-2/h20-21H,3-19H2,1-2H3. The highest BCUT2D eigenvalue weighted by atomic mass is 16.1. The minimum absolute atomic E-state index is 0.182. The lowest BCUT2D eigenvalue weighted by Crippen LogP contribution is -2.15. The smallest absolute Gasteiger partial charge is 0.143 e. The number of rotatable bonds is 19. The zero-order valence-electron chi connectivity index (χ0n) is 16.5. The third kappa shape index (κ3) is 14.9. The van der Waals surface area contributed by atoms with E-state index in [0.29, 0.717) is 6.42 Å². The van der Waals surface area contributed by atoms with E-state index in [9.17, 15) is 9.59 Å². The van der Waals surface area contributed by atoms with Crippen LogP contribution in [0.5, 0.6) is 0 Å². The van der Waals surface area contributed by atoms with Crippen molar-refractivity contribution in [2.24, 2.45) is 5.92 Å². The Hall–Kier alpha value is -0.660. The average molecular weight is 339 g/mol. The molecular weight excluding hydrogens is 296 g/mol. The maximum Gasteiger partial charge on any atom is 0.143 e. The lowest BCUT2D eigenvalue weighted by atomic mass is 9.94. The van der Waals surface area contributed by atoms with Gasteiger partial charge >= 0.3 is 0 Å². The summed E-state index contributed by atoms with van der Waals surface area (Å²) in [7, 11) is 0. The normalized spacial score (nSPS) is 12.2. The molecule has 1 unspecified atom stereocenters. The van der Waals surface area contributed by atoms with E-state index in [1.165, 1.54) is 77.0 Å². The molecule has 142 valence electrons. The summed E-state index contributed by atoms with van der Waals surface area (Å²) in [6, 6.07) is 0. The molecule has 2 nitrogen and oxygen atoms in total. The molecule has 0 rings (SSSR count). The number of carbonyl (C=O) groups excluding carboxylic acids is 2. The molecule has 24 heavy (non-hydrogen) atoms. The Kier molecular flexibility index (Phi) is 18.2. The van der Waals surface area contributed by atoms with Crippen LogP contribution in [-0.4, -0.2) is 12.1 Å². The summed E-state index contributed by atoms with van der Waals surface area (Å²) >= 11 is 0. The van der Waals surface area contributed by atoms with Crippen LogP contribution in [0.2, 0.25) is 0 Å². The molecular formula is C22H42O2. The maximum absolute atomic E-state index is 12.1. The predicted octanol–water partition coefficient (Wildman–Crippen LogP) is 7.04. The Morgan fingerprint density at radius 1 is 0.667 bits per heavy atom. The second-order valence-electron chi connectivity index (χ2n) is 7.34. The summed E-state index contributed by atoms with van der Waals surface area (Å²) in [6.45, 7) is 4.47. The third-order valence-corrected chi connectivity index (χ3v) is 4.97. The molecule has 0 bridgehead atoms. The monoisotopic (exact) mass is 338 g/mol. The zero-order chi connectivity index (χ0) is 17.9. The predicted molar refractivity (Wildman–Crippen MR) is 104 cm³/mol. The van der Waals surface area contributed by atoms with Gasteiger partial charge in [0.15, 0.2) is 0 Å². The molecule has 0 saturated carbocycles. The Morgan fingerprint density at radius 2 is 1.08 bits per heavy atom. The van der Waals surface area contributed by atoms with E-state index < -0.39 is 0 Å². The molecule has 0 aliphatic heterocycles. The molecule has 0 amide bonds. The van der Waals surface area contributed by atoms with Crippen molar-refractivity contribution in [3.8, 4) is 0 Å². The van der Waals surface area contributed by atoms with E-state index in [2.05, 4.69) is 13.8 Å². The van der Waals surface area contributed by atoms with Gasteiger partial charge in [-0.15, -0.1) is 0 Å².